The van der Waals surface area contributed by atoms with Gasteiger partial charge in [-0.05, 0) is 53.9 Å². The maximum absolute atomic E-state index is 14.1. The number of amides is 3. The summed E-state index contributed by atoms with van der Waals surface area (Å²) in [5.41, 5.74) is 1.58. The van der Waals surface area contributed by atoms with E-state index in [9.17, 15) is 19.2 Å². The minimum Gasteiger partial charge on any atom is -0.497 e. The van der Waals surface area contributed by atoms with Crippen LogP contribution in [0.15, 0.2) is 94.7 Å². The van der Waals surface area contributed by atoms with Gasteiger partial charge in [0.1, 0.15) is 16.7 Å². The number of anilines is 2. The van der Waals surface area contributed by atoms with E-state index < -0.39 is 23.0 Å². The van der Waals surface area contributed by atoms with Gasteiger partial charge < -0.3 is 19.8 Å². The molecule has 0 radical (unpaired) electrons. The molecule has 0 aliphatic carbocycles. The molecule has 7 rings (SSSR count). The molecule has 5 aromatic rings. The summed E-state index contributed by atoms with van der Waals surface area (Å²) in [4.78, 5) is 57.9. The summed E-state index contributed by atoms with van der Waals surface area (Å²) in [6.45, 7) is -0.325. The number of thiazole rings is 1. The van der Waals surface area contributed by atoms with Gasteiger partial charge in [0.2, 0.25) is 11.8 Å². The number of imide groups is 1. The van der Waals surface area contributed by atoms with Gasteiger partial charge in [0, 0.05) is 32.5 Å². The third-order valence-electron chi connectivity index (χ3n) is 7.88. The molecule has 226 valence electrons. The van der Waals surface area contributed by atoms with Crippen molar-refractivity contribution in [2.75, 3.05) is 23.9 Å². The van der Waals surface area contributed by atoms with Gasteiger partial charge in [0.15, 0.2) is 6.61 Å². The number of carbonyl (C=O) groups excluding carboxylic acids is 3. The molecular weight excluding hydrogens is 634 g/mol. The molecule has 2 N–H and O–H groups in total. The highest BCUT2D eigenvalue weighted by atomic mass is 35.5. The fourth-order valence-corrected chi connectivity index (χ4v) is 8.58. The number of nitrogens with one attached hydrogen (secondary N) is 2. The van der Waals surface area contributed by atoms with E-state index in [0.29, 0.717) is 43.4 Å². The lowest BCUT2D eigenvalue weighted by Crippen LogP contribution is -2.32. The van der Waals surface area contributed by atoms with Crippen molar-refractivity contribution in [3.05, 3.63) is 110 Å². The van der Waals surface area contributed by atoms with Crippen molar-refractivity contribution in [1.29, 1.82) is 0 Å². The Morgan fingerprint density at radius 3 is 2.56 bits per heavy atom. The molecule has 0 saturated carbocycles. The quantitative estimate of drug-likeness (QED) is 0.204. The minimum atomic E-state index is -0.853. The van der Waals surface area contributed by atoms with E-state index in [4.69, 9.17) is 21.1 Å². The number of aromatic nitrogens is 1. The molecule has 1 aromatic heterocycles. The van der Waals surface area contributed by atoms with Crippen LogP contribution >= 0.6 is 34.7 Å². The topological polar surface area (TPSA) is 118 Å². The number of halogens is 1. The minimum absolute atomic E-state index is 0.302. The third kappa shape index (κ3) is 5.26. The van der Waals surface area contributed by atoms with E-state index in [-0.39, 0.29) is 23.3 Å². The summed E-state index contributed by atoms with van der Waals surface area (Å²) in [5, 5.41) is 4.89. The summed E-state index contributed by atoms with van der Waals surface area (Å²) in [6.07, 6.45) is 0. The van der Waals surface area contributed by atoms with Crippen molar-refractivity contribution in [1.82, 2.24) is 4.98 Å². The summed E-state index contributed by atoms with van der Waals surface area (Å²) in [7, 11) is 1.54. The summed E-state index contributed by atoms with van der Waals surface area (Å²) < 4.78 is 11.3. The Balaban J connectivity index is 1.22. The van der Waals surface area contributed by atoms with E-state index >= 15 is 0 Å². The van der Waals surface area contributed by atoms with Gasteiger partial charge in [0.25, 0.3) is 5.91 Å². The van der Waals surface area contributed by atoms with E-state index in [1.54, 1.807) is 42.5 Å². The lowest BCUT2D eigenvalue weighted by atomic mass is 9.82. The highest BCUT2D eigenvalue weighted by Crippen LogP contribution is 2.54. The van der Waals surface area contributed by atoms with Gasteiger partial charge in [-0.3, -0.25) is 19.2 Å². The van der Waals surface area contributed by atoms with Crippen molar-refractivity contribution >= 4 is 74.6 Å². The maximum Gasteiger partial charge on any atom is 0.305 e. The second-order valence-corrected chi connectivity index (χ2v) is 13.1. The van der Waals surface area contributed by atoms with Crippen LogP contribution < -0.4 is 24.6 Å². The molecule has 3 atom stereocenters. The van der Waals surface area contributed by atoms with Crippen molar-refractivity contribution in [2.45, 2.75) is 16.2 Å². The predicted molar refractivity (Wildman–Crippen MR) is 175 cm³/mol. The van der Waals surface area contributed by atoms with Crippen molar-refractivity contribution in [3.63, 3.8) is 0 Å². The monoisotopic (exact) mass is 657 g/mol. The smallest absolute Gasteiger partial charge is 0.305 e. The largest absolute Gasteiger partial charge is 0.497 e. The molecule has 3 heterocycles. The van der Waals surface area contributed by atoms with Crippen molar-refractivity contribution in [3.8, 4) is 11.5 Å². The molecule has 1 fully saturated rings. The standard InChI is InChI=1S/C33H24ClN3O6S2/c1-42-20-12-10-19(11-13-20)37-31(39)27-26(28-30(36-33(41)45-28)44-29(27)32(37)40)22-15-18(34)9-14-24(22)43-16-25(38)35-23-8-4-6-17-5-2-3-7-21(17)23/h2-15,26-27,29H,16H2,1H3,(H,35,38)(H,36,41)/t26-,27-,29+/m0/s1. The molecule has 4 aromatic carbocycles. The molecule has 1 saturated heterocycles. The Labute approximate surface area is 270 Å². The van der Waals surface area contributed by atoms with Crippen molar-refractivity contribution in [2.24, 2.45) is 5.92 Å². The lowest BCUT2D eigenvalue weighted by Gasteiger charge is -2.31. The zero-order valence-electron chi connectivity index (χ0n) is 23.6. The Hall–Kier alpha value is -4.58. The number of thioether (sulfide) groups is 1. The Morgan fingerprint density at radius 1 is 0.978 bits per heavy atom. The average molecular weight is 658 g/mol. The first kappa shape index (κ1) is 29.1. The van der Waals surface area contributed by atoms with E-state index in [2.05, 4.69) is 10.3 Å². The van der Waals surface area contributed by atoms with Gasteiger partial charge in [-0.15, -0.1) is 0 Å². The number of H-pyrrole nitrogens is 1. The molecule has 2 aliphatic heterocycles. The van der Waals surface area contributed by atoms with Crippen LogP contribution in [0.3, 0.4) is 0 Å². The number of ether oxygens (including phenoxy) is 2. The van der Waals surface area contributed by atoms with Crippen LogP contribution in [0.5, 0.6) is 11.5 Å². The first-order chi connectivity index (χ1) is 21.8. The number of hydrogen-bond donors (Lipinski definition) is 2. The van der Waals surface area contributed by atoms with Crippen LogP contribution in [-0.2, 0) is 14.4 Å². The van der Waals surface area contributed by atoms with Crippen LogP contribution in [0.2, 0.25) is 5.02 Å². The van der Waals surface area contributed by atoms with Gasteiger partial charge in [-0.25, -0.2) is 4.90 Å². The van der Waals surface area contributed by atoms with Crippen molar-refractivity contribution < 1.29 is 23.9 Å². The van der Waals surface area contributed by atoms with Crippen LogP contribution in [0.25, 0.3) is 10.8 Å². The lowest BCUT2D eigenvalue weighted by molar-refractivity contribution is -0.122. The summed E-state index contributed by atoms with van der Waals surface area (Å²) in [6, 6.07) is 25.0. The van der Waals surface area contributed by atoms with Crippen LogP contribution in [0.1, 0.15) is 16.4 Å². The second kappa shape index (κ2) is 11.7. The van der Waals surface area contributed by atoms with Gasteiger partial charge >= 0.3 is 4.87 Å². The van der Waals surface area contributed by atoms with Crippen LogP contribution in [-0.4, -0.2) is 41.7 Å². The number of nitrogens with zero attached hydrogens (tertiary/aromatic N) is 1. The Bertz CT molecular complexity index is 2040. The Morgan fingerprint density at radius 2 is 1.76 bits per heavy atom. The zero-order chi connectivity index (χ0) is 31.2. The normalized spacial score (nSPS) is 18.9. The predicted octanol–water partition coefficient (Wildman–Crippen LogP) is 6.06. The summed E-state index contributed by atoms with van der Waals surface area (Å²) >= 11 is 8.63. The van der Waals surface area contributed by atoms with Gasteiger partial charge in [-0.1, -0.05) is 71.1 Å². The molecule has 3 amide bonds. The molecule has 0 unspecified atom stereocenters. The maximum atomic E-state index is 14.1. The summed E-state index contributed by atoms with van der Waals surface area (Å²) in [5.74, 6) is -1.85. The first-order valence-electron chi connectivity index (χ1n) is 13.9. The molecule has 45 heavy (non-hydrogen) atoms. The number of aromatic amines is 1. The first-order valence-corrected chi connectivity index (χ1v) is 16.0. The molecule has 2 aliphatic rings. The highest BCUT2D eigenvalue weighted by Gasteiger charge is 2.56. The molecule has 0 bridgehead atoms. The molecular formula is C33H24ClN3O6S2. The van der Waals surface area contributed by atoms with E-state index in [0.717, 1.165) is 22.1 Å². The average Bonchev–Trinajstić information content (AvgIpc) is 3.54. The van der Waals surface area contributed by atoms with Crippen LogP contribution in [0, 0.1) is 5.92 Å². The fourth-order valence-electron chi connectivity index (χ4n) is 5.90. The van der Waals surface area contributed by atoms with Gasteiger partial charge in [-0.2, -0.15) is 0 Å². The third-order valence-corrected chi connectivity index (χ3v) is 10.5. The Kier molecular flexibility index (Phi) is 7.60. The number of benzene rings is 4. The van der Waals surface area contributed by atoms with E-state index in [1.165, 1.54) is 23.8 Å². The zero-order valence-corrected chi connectivity index (χ0v) is 26.0. The fraction of sp³-hybridized carbons (Fsp3) is 0.152. The van der Waals surface area contributed by atoms with Gasteiger partial charge in [0.05, 0.1) is 23.7 Å². The molecule has 9 nitrogen and oxygen atoms in total. The van der Waals surface area contributed by atoms with E-state index in [1.807, 2.05) is 42.5 Å². The number of hydrogen-bond acceptors (Lipinski definition) is 8. The molecule has 0 spiro atoms. The number of carbonyl (C=O) groups is 3. The number of rotatable bonds is 7. The molecule has 12 heteroatoms. The number of fused-ring (bicyclic) bond motifs is 3. The van der Waals surface area contributed by atoms with Crippen LogP contribution in [0.4, 0.5) is 11.4 Å². The number of methoxy groups -OCH3 is 1. The SMILES string of the molecule is COc1ccc(N2C(=O)[C@H]3[C@H](c4cc(Cl)ccc4OCC(=O)Nc4cccc5ccccc45)c4sc(=O)[nH]c4S[C@H]3C2=O)cc1. The highest BCUT2D eigenvalue weighted by molar-refractivity contribution is 8.00. The second-order valence-electron chi connectivity index (χ2n) is 10.5.